The number of nitrogens with zero attached hydrogens (tertiary/aromatic N) is 1. The van der Waals surface area contributed by atoms with Crippen molar-refractivity contribution in [3.63, 3.8) is 0 Å². The van der Waals surface area contributed by atoms with E-state index in [9.17, 15) is 22.5 Å². The van der Waals surface area contributed by atoms with Gasteiger partial charge in [-0.05, 0) is 6.42 Å². The summed E-state index contributed by atoms with van der Waals surface area (Å²) in [6.45, 7) is 4.23. The second-order valence-corrected chi connectivity index (χ2v) is 6.29. The van der Waals surface area contributed by atoms with Gasteiger partial charge < -0.3 is 4.89 Å². The maximum Gasteiger partial charge on any atom is 0.389 e. The fraction of sp³-hybridized carbons (Fsp3) is 0.900. The summed E-state index contributed by atoms with van der Waals surface area (Å²) in [5.41, 5.74) is 0. The molecule has 1 atom stereocenters. The molecule has 20 heavy (non-hydrogen) atoms. The van der Waals surface area contributed by atoms with E-state index in [1.165, 1.54) is 0 Å². The van der Waals surface area contributed by atoms with E-state index >= 15 is 0 Å². The van der Waals surface area contributed by atoms with Gasteiger partial charge in [0.25, 0.3) is 5.91 Å². The Kier molecular flexibility index (Phi) is 11.0. The second-order valence-electron chi connectivity index (χ2n) is 3.87. The van der Waals surface area contributed by atoms with Crippen LogP contribution in [0, 0.1) is 0 Å². The molecule has 0 fully saturated rings. The van der Waals surface area contributed by atoms with Crippen molar-refractivity contribution in [1.82, 2.24) is 10.4 Å². The van der Waals surface area contributed by atoms with Crippen LogP contribution < -0.4 is 5.32 Å². The third-order valence-corrected chi connectivity index (χ3v) is 2.61. The minimum Gasteiger partial charge on any atom is -0.344 e. The standard InChI is InChI=1S/C8H16F3N2O4P.C2H6/c1-18(16,17)6-12-5-7(14)13(15)4-2-3-8(9,10)11;1-2/h12,15H,2-6H2,1H3,(H,16,17);1-2H3. The molecule has 0 radical (unpaired) electrons. The molecule has 0 spiro atoms. The largest absolute Gasteiger partial charge is 0.389 e. The lowest BCUT2D eigenvalue weighted by molar-refractivity contribution is -0.169. The van der Waals surface area contributed by atoms with Gasteiger partial charge in [-0.1, -0.05) is 13.8 Å². The van der Waals surface area contributed by atoms with Gasteiger partial charge in [-0.25, -0.2) is 5.06 Å². The zero-order valence-corrected chi connectivity index (χ0v) is 12.7. The van der Waals surface area contributed by atoms with Gasteiger partial charge in [0.1, 0.15) is 0 Å². The number of carbonyl (C=O) groups is 1. The van der Waals surface area contributed by atoms with Gasteiger partial charge >= 0.3 is 6.18 Å². The van der Waals surface area contributed by atoms with Gasteiger partial charge in [-0.2, -0.15) is 13.2 Å². The van der Waals surface area contributed by atoms with Gasteiger partial charge in [0.05, 0.1) is 12.8 Å². The fourth-order valence-corrected chi connectivity index (χ4v) is 1.54. The number of hydroxylamine groups is 2. The molecule has 1 unspecified atom stereocenters. The molecule has 0 aliphatic rings. The maximum atomic E-state index is 11.8. The summed E-state index contributed by atoms with van der Waals surface area (Å²) in [6.07, 6.45) is -6.13. The molecule has 0 saturated carbocycles. The Hall–Kier alpha value is -0.630. The lowest BCUT2D eigenvalue weighted by Gasteiger charge is -2.16. The molecular weight excluding hydrogens is 300 g/mol. The first-order valence-electron chi connectivity index (χ1n) is 6.07. The number of carbonyl (C=O) groups excluding carboxylic acids is 1. The van der Waals surface area contributed by atoms with Crippen LogP contribution in [0.3, 0.4) is 0 Å². The summed E-state index contributed by atoms with van der Waals surface area (Å²) < 4.78 is 46.2. The molecule has 10 heteroatoms. The maximum absolute atomic E-state index is 11.8. The normalized spacial score (nSPS) is 14.0. The Morgan fingerprint density at radius 1 is 1.35 bits per heavy atom. The van der Waals surface area contributed by atoms with Gasteiger partial charge in [-0.3, -0.25) is 19.9 Å². The molecule has 3 N–H and O–H groups in total. The number of halogens is 3. The van der Waals surface area contributed by atoms with Crippen LogP contribution in [0.2, 0.25) is 0 Å². The van der Waals surface area contributed by atoms with E-state index in [1.807, 2.05) is 13.8 Å². The summed E-state index contributed by atoms with van der Waals surface area (Å²) in [5, 5.41) is 11.6. The van der Waals surface area contributed by atoms with Crippen LogP contribution in [-0.4, -0.2) is 53.3 Å². The monoisotopic (exact) mass is 322 g/mol. The van der Waals surface area contributed by atoms with Gasteiger partial charge in [0.15, 0.2) is 0 Å². The number of alkyl halides is 3. The molecule has 0 aliphatic carbocycles. The van der Waals surface area contributed by atoms with Crippen molar-refractivity contribution in [1.29, 1.82) is 0 Å². The predicted octanol–water partition coefficient (Wildman–Crippen LogP) is 2.02. The summed E-state index contributed by atoms with van der Waals surface area (Å²) in [6, 6.07) is 0. The van der Waals surface area contributed by atoms with E-state index in [0.717, 1.165) is 6.66 Å². The van der Waals surface area contributed by atoms with Gasteiger partial charge in [0, 0.05) is 19.6 Å². The van der Waals surface area contributed by atoms with Crippen molar-refractivity contribution in [3.8, 4) is 0 Å². The number of hydrogen-bond acceptors (Lipinski definition) is 4. The SMILES string of the molecule is CC.CP(=O)(O)CNCC(=O)N(O)CCCC(F)(F)F. The highest BCUT2D eigenvalue weighted by molar-refractivity contribution is 7.57. The van der Waals surface area contributed by atoms with Crippen LogP contribution in [0.5, 0.6) is 0 Å². The summed E-state index contributed by atoms with van der Waals surface area (Å²) in [5.74, 6) is -0.856. The lowest BCUT2D eigenvalue weighted by atomic mass is 10.3. The van der Waals surface area contributed by atoms with E-state index in [-0.39, 0.29) is 11.3 Å². The second kappa shape index (κ2) is 10.1. The zero-order valence-electron chi connectivity index (χ0n) is 11.8. The fourth-order valence-electron chi connectivity index (χ4n) is 1.02. The average Bonchev–Trinajstić information content (AvgIpc) is 2.28. The topological polar surface area (TPSA) is 89.9 Å². The van der Waals surface area contributed by atoms with E-state index < -0.39 is 45.4 Å². The van der Waals surface area contributed by atoms with E-state index in [1.54, 1.807) is 0 Å². The molecule has 0 aromatic carbocycles. The molecular formula is C10H22F3N2O4P. The van der Waals surface area contributed by atoms with Crippen LogP contribution >= 0.6 is 7.37 Å². The lowest BCUT2D eigenvalue weighted by Crippen LogP contribution is -2.37. The van der Waals surface area contributed by atoms with Gasteiger partial charge in [0.2, 0.25) is 7.37 Å². The van der Waals surface area contributed by atoms with Crippen molar-refractivity contribution in [2.24, 2.45) is 0 Å². The Morgan fingerprint density at radius 3 is 2.25 bits per heavy atom. The van der Waals surface area contributed by atoms with Crippen LogP contribution in [-0.2, 0) is 9.36 Å². The first kappa shape index (κ1) is 21.7. The van der Waals surface area contributed by atoms with Gasteiger partial charge in [-0.15, -0.1) is 0 Å². The van der Waals surface area contributed by atoms with Crippen LogP contribution in [0.4, 0.5) is 13.2 Å². The number of amides is 1. The van der Waals surface area contributed by atoms with Crippen molar-refractivity contribution in [2.45, 2.75) is 32.9 Å². The minimum absolute atomic E-state index is 0.163. The molecule has 0 saturated heterocycles. The molecule has 0 aromatic heterocycles. The smallest absolute Gasteiger partial charge is 0.344 e. The molecule has 122 valence electrons. The van der Waals surface area contributed by atoms with Crippen LogP contribution in [0.25, 0.3) is 0 Å². The number of hydrogen-bond donors (Lipinski definition) is 3. The molecule has 0 rings (SSSR count). The summed E-state index contributed by atoms with van der Waals surface area (Å²) >= 11 is 0. The van der Waals surface area contributed by atoms with Crippen molar-refractivity contribution in [2.75, 3.05) is 26.0 Å². The molecule has 1 amide bonds. The zero-order chi connectivity index (χ0) is 16.4. The first-order chi connectivity index (χ1) is 9.01. The first-order valence-corrected chi connectivity index (χ1v) is 8.36. The minimum atomic E-state index is -4.33. The molecule has 0 aliphatic heterocycles. The van der Waals surface area contributed by atoms with E-state index in [2.05, 4.69) is 5.32 Å². The van der Waals surface area contributed by atoms with E-state index in [4.69, 9.17) is 10.1 Å². The average molecular weight is 322 g/mol. The third-order valence-electron chi connectivity index (χ3n) is 1.80. The van der Waals surface area contributed by atoms with Crippen LogP contribution in [0.15, 0.2) is 0 Å². The molecule has 6 nitrogen and oxygen atoms in total. The number of rotatable bonds is 7. The summed E-state index contributed by atoms with van der Waals surface area (Å²) in [7, 11) is -3.31. The molecule has 0 bridgehead atoms. The summed E-state index contributed by atoms with van der Waals surface area (Å²) in [4.78, 5) is 20.0. The van der Waals surface area contributed by atoms with Crippen molar-refractivity contribution >= 4 is 13.3 Å². The number of nitrogens with one attached hydrogen (secondary N) is 1. The Labute approximate surface area is 116 Å². The molecule has 0 aromatic rings. The Morgan fingerprint density at radius 2 is 1.85 bits per heavy atom. The van der Waals surface area contributed by atoms with Crippen LogP contribution in [0.1, 0.15) is 26.7 Å². The highest BCUT2D eigenvalue weighted by atomic mass is 31.2. The van der Waals surface area contributed by atoms with Crippen molar-refractivity contribution < 1.29 is 32.6 Å². The third kappa shape index (κ3) is 15.4. The predicted molar refractivity (Wildman–Crippen MR) is 68.8 cm³/mol. The highest BCUT2D eigenvalue weighted by Gasteiger charge is 2.26. The Balaban J connectivity index is 0. The molecule has 0 heterocycles. The van der Waals surface area contributed by atoms with Crippen molar-refractivity contribution in [3.05, 3.63) is 0 Å². The highest BCUT2D eigenvalue weighted by Crippen LogP contribution is 2.32. The van der Waals surface area contributed by atoms with E-state index in [0.29, 0.717) is 0 Å². The quantitative estimate of drug-likeness (QED) is 0.379. The Bertz CT molecular complexity index is 320.